The quantitative estimate of drug-likeness (QED) is 0.286. The first kappa shape index (κ1) is 26.7. The highest BCUT2D eigenvalue weighted by Gasteiger charge is 2.30. The molecule has 4 nitrogen and oxygen atoms in total. The fourth-order valence-corrected chi connectivity index (χ4v) is 4.12. The van der Waals surface area contributed by atoms with E-state index in [-0.39, 0.29) is 0 Å². The van der Waals surface area contributed by atoms with Crippen molar-refractivity contribution in [1.29, 1.82) is 0 Å². The normalized spacial score (nSPS) is 10.3. The van der Waals surface area contributed by atoms with Crippen molar-refractivity contribution in [3.8, 4) is 0 Å². The summed E-state index contributed by atoms with van der Waals surface area (Å²) in [7, 11) is 10.3. The van der Waals surface area contributed by atoms with Crippen molar-refractivity contribution in [2.24, 2.45) is 0 Å². The summed E-state index contributed by atoms with van der Waals surface area (Å²) in [5, 5.41) is 7.42. The molecule has 0 heterocycles. The largest absolute Gasteiger partial charge is 0.312 e. The van der Waals surface area contributed by atoms with Crippen molar-refractivity contribution in [3.63, 3.8) is 0 Å². The SMILES string of the molecule is CN(C)C.[B]C(=O)NO.c1ccc([B-](c2ccccc2)(c2ccccc2)c2ccccc2)cc1. The molecule has 2 N–H and O–H groups in total. The Morgan fingerprint density at radius 1 is 0.618 bits per heavy atom. The number of hydroxylamine groups is 1. The van der Waals surface area contributed by atoms with Gasteiger partial charge in [-0.25, -0.2) is 5.48 Å². The van der Waals surface area contributed by atoms with Gasteiger partial charge in [0.05, 0.1) is 0 Å². The molecule has 0 aliphatic carbocycles. The van der Waals surface area contributed by atoms with Gasteiger partial charge >= 0.3 is 0 Å². The van der Waals surface area contributed by atoms with Crippen LogP contribution < -0.4 is 27.3 Å². The van der Waals surface area contributed by atoms with E-state index in [0.29, 0.717) is 0 Å². The van der Waals surface area contributed by atoms with E-state index >= 15 is 0 Å². The minimum Gasteiger partial charge on any atom is -0.312 e. The number of carbonyl (C=O) groups is 1. The molecule has 0 aliphatic rings. The van der Waals surface area contributed by atoms with Gasteiger partial charge in [-0.2, -0.15) is 21.9 Å². The summed E-state index contributed by atoms with van der Waals surface area (Å²) >= 11 is 0. The first-order valence-electron chi connectivity index (χ1n) is 11.1. The lowest BCUT2D eigenvalue weighted by atomic mass is 9.13. The summed E-state index contributed by atoms with van der Waals surface area (Å²) in [5.41, 5.74) is 6.52. The zero-order chi connectivity index (χ0) is 24.8. The fourth-order valence-electron chi connectivity index (χ4n) is 4.12. The Morgan fingerprint density at radius 3 is 0.941 bits per heavy atom. The highest BCUT2D eigenvalue weighted by Crippen LogP contribution is 2.09. The van der Waals surface area contributed by atoms with Crippen molar-refractivity contribution < 1.29 is 10.0 Å². The molecule has 34 heavy (non-hydrogen) atoms. The third-order valence-electron chi connectivity index (χ3n) is 5.31. The van der Waals surface area contributed by atoms with E-state index in [2.05, 4.69) is 129 Å². The molecular formula is C28H31B2N2O2-. The Hall–Kier alpha value is -3.60. The van der Waals surface area contributed by atoms with E-state index in [0.717, 1.165) is 0 Å². The van der Waals surface area contributed by atoms with Gasteiger partial charge in [0.1, 0.15) is 6.15 Å². The van der Waals surface area contributed by atoms with Crippen LogP contribution in [0.4, 0.5) is 4.79 Å². The molecule has 0 saturated carbocycles. The first-order chi connectivity index (χ1) is 16.4. The second-order valence-corrected chi connectivity index (χ2v) is 8.33. The molecule has 0 saturated heterocycles. The smallest absolute Gasteiger partial charge is 0.203 e. The van der Waals surface area contributed by atoms with Crippen molar-refractivity contribution in [1.82, 2.24) is 10.4 Å². The maximum atomic E-state index is 9.23. The monoisotopic (exact) mass is 449 g/mol. The molecule has 172 valence electrons. The van der Waals surface area contributed by atoms with Crippen LogP contribution in [0.3, 0.4) is 0 Å². The molecule has 2 radical (unpaired) electrons. The molecule has 4 aromatic rings. The van der Waals surface area contributed by atoms with E-state index in [1.807, 2.05) is 26.0 Å². The van der Waals surface area contributed by atoms with Crippen LogP contribution in [0.15, 0.2) is 121 Å². The topological polar surface area (TPSA) is 52.6 Å². The van der Waals surface area contributed by atoms with Gasteiger partial charge in [-0.3, -0.25) is 10.0 Å². The number of amides is 1. The molecule has 4 rings (SSSR count). The molecule has 6 heteroatoms. The maximum absolute atomic E-state index is 9.23. The van der Waals surface area contributed by atoms with Crippen molar-refractivity contribution in [2.75, 3.05) is 21.1 Å². The van der Waals surface area contributed by atoms with E-state index in [1.165, 1.54) is 27.3 Å². The van der Waals surface area contributed by atoms with Crippen molar-refractivity contribution in [3.05, 3.63) is 121 Å². The van der Waals surface area contributed by atoms with Gasteiger partial charge in [-0.15, -0.1) is 0 Å². The fraction of sp³-hybridized carbons (Fsp3) is 0.107. The number of rotatable bonds is 4. The minimum atomic E-state index is -1.22. The number of hydrogen-bond acceptors (Lipinski definition) is 3. The lowest BCUT2D eigenvalue weighted by molar-refractivity contribution is 0.179. The predicted octanol–water partition coefficient (Wildman–Crippen LogP) is 2.50. The minimum absolute atomic E-state index is 0.940. The number of hydrogen-bond donors (Lipinski definition) is 2. The standard InChI is InChI=1S/C24H20B.C3H9N.CH2BNO2/c1-5-13-21(14-6-1)25(22-15-7-2-8-16-22,23-17-9-3-10-18-23)24-19-11-4-12-20-24;1-4(2)3;2-1(4)3-5/h1-20H;1-3H3;5H,(H,3,4)/q-1;;. The second kappa shape index (κ2) is 13.8. The van der Waals surface area contributed by atoms with E-state index in [4.69, 9.17) is 5.21 Å². The van der Waals surface area contributed by atoms with Crippen LogP contribution in [-0.4, -0.2) is 51.0 Å². The lowest BCUT2D eigenvalue weighted by Crippen LogP contribution is -2.74. The second-order valence-electron chi connectivity index (χ2n) is 8.33. The van der Waals surface area contributed by atoms with Crippen LogP contribution in [-0.2, 0) is 0 Å². The number of nitrogens with zero attached hydrogens (tertiary/aromatic N) is 1. The maximum Gasteiger partial charge on any atom is 0.203 e. The molecule has 0 spiro atoms. The third kappa shape index (κ3) is 7.20. The Labute approximate surface area is 204 Å². The molecule has 1 amide bonds. The Balaban J connectivity index is 0.000000391. The molecule has 0 aliphatic heterocycles. The number of nitrogens with one attached hydrogen (secondary N) is 1. The van der Waals surface area contributed by atoms with Gasteiger partial charge in [-0.05, 0) is 21.1 Å². The summed E-state index contributed by atoms with van der Waals surface area (Å²) in [5.74, 6) is -0.940. The average Bonchev–Trinajstić information content (AvgIpc) is 2.87. The zero-order valence-corrected chi connectivity index (χ0v) is 20.0. The molecule has 0 unspecified atom stereocenters. The highest BCUT2D eigenvalue weighted by molar-refractivity contribution is 7.19. The summed E-state index contributed by atoms with van der Waals surface area (Å²) in [4.78, 5) is 11.2. The zero-order valence-electron chi connectivity index (χ0n) is 20.0. The van der Waals surface area contributed by atoms with E-state index in [9.17, 15) is 4.79 Å². The van der Waals surface area contributed by atoms with Crippen LogP contribution in [0, 0.1) is 0 Å². The summed E-state index contributed by atoms with van der Waals surface area (Å²) < 4.78 is 0. The van der Waals surface area contributed by atoms with Gasteiger partial charge in [-0.1, -0.05) is 121 Å². The number of benzene rings is 4. The molecular weight excluding hydrogens is 418 g/mol. The van der Waals surface area contributed by atoms with Crippen LogP contribution >= 0.6 is 0 Å². The summed E-state index contributed by atoms with van der Waals surface area (Å²) in [6.07, 6.45) is -1.22. The van der Waals surface area contributed by atoms with Crippen molar-refractivity contribution >= 4 is 41.7 Å². The van der Waals surface area contributed by atoms with Crippen molar-refractivity contribution in [2.45, 2.75) is 0 Å². The van der Waals surface area contributed by atoms with Gasteiger partial charge in [0.25, 0.3) is 0 Å². The lowest BCUT2D eigenvalue weighted by Gasteiger charge is -2.44. The van der Waals surface area contributed by atoms with Crippen LogP contribution in [0.1, 0.15) is 0 Å². The third-order valence-corrected chi connectivity index (χ3v) is 5.31. The highest BCUT2D eigenvalue weighted by atomic mass is 16.5. The Kier molecular flexibility index (Phi) is 10.8. The van der Waals surface area contributed by atoms with Gasteiger partial charge < -0.3 is 4.90 Å². The summed E-state index contributed by atoms with van der Waals surface area (Å²) in [6, 6.07) is 43.5. The van der Waals surface area contributed by atoms with Crippen LogP contribution in [0.5, 0.6) is 0 Å². The molecule has 0 atom stereocenters. The Morgan fingerprint density at radius 2 is 0.794 bits per heavy atom. The van der Waals surface area contributed by atoms with Crippen LogP contribution in [0.2, 0.25) is 0 Å². The molecule has 0 fully saturated rings. The van der Waals surface area contributed by atoms with Gasteiger partial charge in [0.15, 0.2) is 5.81 Å². The molecule has 0 bridgehead atoms. The average molecular weight is 449 g/mol. The van der Waals surface area contributed by atoms with Gasteiger partial charge in [0, 0.05) is 0 Å². The Bertz CT molecular complexity index is 928. The number of carbonyl (C=O) groups excluding carboxylic acids is 1. The first-order valence-corrected chi connectivity index (χ1v) is 11.1. The molecule has 4 aromatic carbocycles. The predicted molar refractivity (Wildman–Crippen MR) is 146 cm³/mol. The molecule has 0 aromatic heterocycles. The van der Waals surface area contributed by atoms with Crippen LogP contribution in [0.25, 0.3) is 0 Å². The van der Waals surface area contributed by atoms with E-state index in [1.54, 1.807) is 0 Å². The summed E-state index contributed by atoms with van der Waals surface area (Å²) in [6.45, 7) is 0. The van der Waals surface area contributed by atoms with E-state index < -0.39 is 12.0 Å². The van der Waals surface area contributed by atoms with Gasteiger partial charge in [0.2, 0.25) is 7.85 Å².